The quantitative estimate of drug-likeness (QED) is 0.689. The van der Waals surface area contributed by atoms with Crippen LogP contribution < -0.4 is 0 Å². The second-order valence-corrected chi connectivity index (χ2v) is 5.91. The van der Waals surface area contributed by atoms with E-state index in [4.69, 9.17) is 0 Å². The van der Waals surface area contributed by atoms with Gasteiger partial charge in [0.1, 0.15) is 0 Å². The monoisotopic (exact) mass is 333 g/mol. The van der Waals surface area contributed by atoms with Gasteiger partial charge in [0.2, 0.25) is 0 Å². The van der Waals surface area contributed by atoms with Crippen molar-refractivity contribution in [3.63, 3.8) is 0 Å². The van der Waals surface area contributed by atoms with Gasteiger partial charge in [0.15, 0.2) is 0 Å². The molecular weight excluding hydrogens is 311 g/mol. The van der Waals surface area contributed by atoms with Crippen LogP contribution in [-0.4, -0.2) is 58.2 Å². The fourth-order valence-electron chi connectivity index (χ4n) is 3.08. The van der Waals surface area contributed by atoms with Crippen molar-refractivity contribution in [1.82, 2.24) is 4.90 Å². The van der Waals surface area contributed by atoms with Crippen molar-refractivity contribution in [2.45, 2.75) is 43.7 Å². The summed E-state index contributed by atoms with van der Waals surface area (Å²) in [5, 5.41) is 28.6. The van der Waals surface area contributed by atoms with Crippen molar-refractivity contribution < 1.29 is 28.5 Å². The first-order chi connectivity index (χ1) is 10.8. The molecule has 1 aliphatic rings. The zero-order chi connectivity index (χ0) is 17.0. The minimum Gasteiger partial charge on any atom is -0.395 e. The standard InChI is InChI=1S/C16H22F3NO3/c17-16(18,19)12-7-2-1-5-11(12)6-3-4-8-20-9-14(22)15(23)13(20)10-21/h1-2,5,7,13-15,21-23H,3-4,6,8-10H2/t13-,14-,15-/m1/s1. The number of rotatable bonds is 6. The molecule has 130 valence electrons. The Morgan fingerprint density at radius 3 is 2.48 bits per heavy atom. The molecule has 0 spiro atoms. The van der Waals surface area contributed by atoms with E-state index in [1.165, 1.54) is 12.1 Å². The number of nitrogens with zero attached hydrogens (tertiary/aromatic N) is 1. The number of hydrogen-bond donors (Lipinski definition) is 3. The first kappa shape index (κ1) is 18.2. The number of hydrogen-bond acceptors (Lipinski definition) is 4. The molecule has 0 saturated carbocycles. The first-order valence-corrected chi connectivity index (χ1v) is 7.70. The Labute approximate surface area is 133 Å². The minimum atomic E-state index is -4.35. The Bertz CT molecular complexity index is 510. The molecule has 1 aromatic carbocycles. The van der Waals surface area contributed by atoms with Crippen LogP contribution >= 0.6 is 0 Å². The maximum Gasteiger partial charge on any atom is 0.416 e. The van der Waals surface area contributed by atoms with Crippen LogP contribution in [0.2, 0.25) is 0 Å². The number of halogens is 3. The summed E-state index contributed by atoms with van der Waals surface area (Å²) < 4.78 is 38.7. The minimum absolute atomic E-state index is 0.255. The lowest BCUT2D eigenvalue weighted by Gasteiger charge is -2.23. The molecule has 1 aromatic rings. The van der Waals surface area contributed by atoms with Crippen LogP contribution in [0.3, 0.4) is 0 Å². The summed E-state index contributed by atoms with van der Waals surface area (Å²) in [6.45, 7) is 0.536. The largest absolute Gasteiger partial charge is 0.416 e. The molecule has 0 aromatic heterocycles. The molecule has 0 amide bonds. The Morgan fingerprint density at radius 1 is 1.13 bits per heavy atom. The van der Waals surface area contributed by atoms with E-state index >= 15 is 0 Å². The molecule has 2 rings (SSSR count). The van der Waals surface area contributed by atoms with Gasteiger partial charge in [-0.3, -0.25) is 4.90 Å². The fraction of sp³-hybridized carbons (Fsp3) is 0.625. The lowest BCUT2D eigenvalue weighted by molar-refractivity contribution is -0.138. The summed E-state index contributed by atoms with van der Waals surface area (Å²) in [5.74, 6) is 0. The third-order valence-corrected chi connectivity index (χ3v) is 4.33. The van der Waals surface area contributed by atoms with Crippen LogP contribution in [-0.2, 0) is 12.6 Å². The Hall–Kier alpha value is -1.15. The summed E-state index contributed by atoms with van der Waals surface area (Å²) in [5.41, 5.74) is -0.319. The van der Waals surface area contributed by atoms with E-state index in [-0.39, 0.29) is 18.7 Å². The number of aliphatic hydroxyl groups excluding tert-OH is 3. The van der Waals surface area contributed by atoms with Crippen molar-refractivity contribution in [1.29, 1.82) is 0 Å². The maximum absolute atomic E-state index is 12.9. The third kappa shape index (κ3) is 4.44. The molecule has 4 nitrogen and oxygen atoms in total. The fourth-order valence-corrected chi connectivity index (χ4v) is 3.08. The van der Waals surface area contributed by atoms with E-state index < -0.39 is 30.0 Å². The normalized spacial score (nSPS) is 25.9. The molecular formula is C16H22F3NO3. The summed E-state index contributed by atoms with van der Waals surface area (Å²) in [4.78, 5) is 1.78. The van der Waals surface area contributed by atoms with Crippen LogP contribution in [0, 0.1) is 0 Å². The number of likely N-dealkylation sites (tertiary alicyclic amines) is 1. The van der Waals surface area contributed by atoms with Gasteiger partial charge in [-0.25, -0.2) is 0 Å². The number of unbranched alkanes of at least 4 members (excludes halogenated alkanes) is 1. The van der Waals surface area contributed by atoms with Crippen LogP contribution in [0.4, 0.5) is 13.2 Å². The number of aryl methyl sites for hydroxylation is 1. The van der Waals surface area contributed by atoms with Crippen molar-refractivity contribution in [2.75, 3.05) is 19.7 Å². The molecule has 23 heavy (non-hydrogen) atoms. The van der Waals surface area contributed by atoms with Crippen LogP contribution in [0.1, 0.15) is 24.0 Å². The number of alkyl halides is 3. The Balaban J connectivity index is 1.85. The van der Waals surface area contributed by atoms with Crippen LogP contribution in [0.15, 0.2) is 24.3 Å². The zero-order valence-corrected chi connectivity index (χ0v) is 12.7. The van der Waals surface area contributed by atoms with Gasteiger partial charge >= 0.3 is 6.18 Å². The summed E-state index contributed by atoms with van der Waals surface area (Å²) in [6.07, 6.45) is -4.71. The zero-order valence-electron chi connectivity index (χ0n) is 12.7. The van der Waals surface area contributed by atoms with Gasteiger partial charge in [-0.05, 0) is 37.4 Å². The lowest BCUT2D eigenvalue weighted by atomic mass is 10.0. The van der Waals surface area contributed by atoms with Crippen LogP contribution in [0.5, 0.6) is 0 Å². The van der Waals surface area contributed by atoms with E-state index in [1.54, 1.807) is 11.0 Å². The molecule has 1 aliphatic heterocycles. The molecule has 1 saturated heterocycles. The molecule has 1 heterocycles. The van der Waals surface area contributed by atoms with E-state index in [2.05, 4.69) is 0 Å². The lowest BCUT2D eigenvalue weighted by Crippen LogP contribution is -2.39. The van der Waals surface area contributed by atoms with Gasteiger partial charge in [-0.15, -0.1) is 0 Å². The second kappa shape index (κ2) is 7.61. The van der Waals surface area contributed by atoms with Crippen LogP contribution in [0.25, 0.3) is 0 Å². The van der Waals surface area contributed by atoms with Gasteiger partial charge in [0.05, 0.1) is 30.4 Å². The SMILES string of the molecule is OC[C@@H]1[C@@H](O)[C@H](O)CN1CCCCc1ccccc1C(F)(F)F. The number of β-amino-alcohol motifs (C(OH)–C–C–N with tert-alkyl or cyclic N) is 1. The van der Waals surface area contributed by atoms with E-state index in [0.29, 0.717) is 25.8 Å². The maximum atomic E-state index is 12.9. The van der Waals surface area contributed by atoms with Crippen molar-refractivity contribution in [3.05, 3.63) is 35.4 Å². The highest BCUT2D eigenvalue weighted by molar-refractivity contribution is 5.29. The molecule has 0 radical (unpaired) electrons. The third-order valence-electron chi connectivity index (χ3n) is 4.33. The molecule has 0 bridgehead atoms. The van der Waals surface area contributed by atoms with Gasteiger partial charge in [0.25, 0.3) is 0 Å². The van der Waals surface area contributed by atoms with Crippen molar-refractivity contribution in [3.8, 4) is 0 Å². The smallest absolute Gasteiger partial charge is 0.395 e. The molecule has 1 fully saturated rings. The highest BCUT2D eigenvalue weighted by atomic mass is 19.4. The molecule has 7 heteroatoms. The van der Waals surface area contributed by atoms with Gasteiger partial charge in [-0.1, -0.05) is 18.2 Å². The second-order valence-electron chi connectivity index (χ2n) is 5.91. The van der Waals surface area contributed by atoms with Crippen molar-refractivity contribution in [2.24, 2.45) is 0 Å². The van der Waals surface area contributed by atoms with E-state index in [9.17, 15) is 28.5 Å². The van der Waals surface area contributed by atoms with Gasteiger partial charge < -0.3 is 15.3 Å². The van der Waals surface area contributed by atoms with Gasteiger partial charge in [0, 0.05) is 6.54 Å². The Kier molecular flexibility index (Phi) is 6.02. The predicted octanol–water partition coefficient (Wildman–Crippen LogP) is 1.43. The van der Waals surface area contributed by atoms with E-state index in [1.807, 2.05) is 0 Å². The summed E-state index contributed by atoms with van der Waals surface area (Å²) in [6, 6.07) is 5.05. The average molecular weight is 333 g/mol. The summed E-state index contributed by atoms with van der Waals surface area (Å²) >= 11 is 0. The molecule has 3 atom stereocenters. The number of benzene rings is 1. The Morgan fingerprint density at radius 2 is 1.83 bits per heavy atom. The number of aliphatic hydroxyl groups is 3. The average Bonchev–Trinajstić information content (AvgIpc) is 2.77. The first-order valence-electron chi connectivity index (χ1n) is 7.70. The van der Waals surface area contributed by atoms with Gasteiger partial charge in [-0.2, -0.15) is 13.2 Å². The molecule has 0 unspecified atom stereocenters. The molecule has 0 aliphatic carbocycles. The van der Waals surface area contributed by atoms with E-state index in [0.717, 1.165) is 6.07 Å². The topological polar surface area (TPSA) is 63.9 Å². The molecule has 3 N–H and O–H groups in total. The highest BCUT2D eigenvalue weighted by Crippen LogP contribution is 2.32. The highest BCUT2D eigenvalue weighted by Gasteiger charge is 2.38. The predicted molar refractivity (Wildman–Crippen MR) is 78.8 cm³/mol. The summed E-state index contributed by atoms with van der Waals surface area (Å²) in [7, 11) is 0. The van der Waals surface area contributed by atoms with Crippen molar-refractivity contribution >= 4 is 0 Å².